The molecule has 0 unspecified atom stereocenters. The Morgan fingerprint density at radius 1 is 0.812 bits per heavy atom. The summed E-state index contributed by atoms with van der Waals surface area (Å²) in [6, 6.07) is 26.3. The molecule has 0 atom stereocenters. The summed E-state index contributed by atoms with van der Waals surface area (Å²) in [5.74, 6) is 5.24. The fraction of sp³-hybridized carbons (Fsp3) is 0.0385. The second-order valence-electron chi connectivity index (χ2n) is 7.00. The van der Waals surface area contributed by atoms with E-state index < -0.39 is 15.7 Å². The smallest absolute Gasteiger partial charge is 0.291 e. The van der Waals surface area contributed by atoms with Crippen LogP contribution in [-0.4, -0.2) is 14.3 Å². The summed E-state index contributed by atoms with van der Waals surface area (Å²) in [7, 11) is -3.61. The van der Waals surface area contributed by atoms with Gasteiger partial charge in [-0.3, -0.25) is 4.79 Å². The summed E-state index contributed by atoms with van der Waals surface area (Å²) in [4.78, 5) is 13.0. The molecule has 0 spiro atoms. The Hall–Kier alpha value is -4.08. The van der Waals surface area contributed by atoms with Gasteiger partial charge < -0.3 is 9.73 Å². The Balaban J connectivity index is 1.50. The van der Waals surface area contributed by atoms with Crippen LogP contribution in [0.3, 0.4) is 0 Å². The van der Waals surface area contributed by atoms with E-state index in [1.165, 1.54) is 24.5 Å². The molecule has 1 aromatic heterocycles. The molecule has 4 aromatic rings. The second kappa shape index (κ2) is 9.38. The highest BCUT2D eigenvalue weighted by Gasteiger charge is 2.22. The maximum absolute atomic E-state index is 12.8. The SMILES string of the molecule is O=C(Nc1cccc(C#Cc2ccccc2)c1)c1occc1CS(=O)(=O)c1ccccc1. The molecule has 0 bridgehead atoms. The van der Waals surface area contributed by atoms with Crippen molar-refractivity contribution in [1.82, 2.24) is 0 Å². The third-order valence-electron chi connectivity index (χ3n) is 4.65. The molecule has 1 amide bonds. The lowest BCUT2D eigenvalue weighted by atomic mass is 10.1. The fourth-order valence-corrected chi connectivity index (χ4v) is 4.47. The highest BCUT2D eigenvalue weighted by Crippen LogP contribution is 2.21. The molecule has 4 rings (SSSR count). The van der Waals surface area contributed by atoms with E-state index in [0.717, 1.165) is 11.1 Å². The summed E-state index contributed by atoms with van der Waals surface area (Å²) in [5.41, 5.74) is 2.45. The quantitative estimate of drug-likeness (QED) is 0.447. The molecule has 1 N–H and O–H groups in total. The van der Waals surface area contributed by atoms with Gasteiger partial charge in [0.1, 0.15) is 0 Å². The van der Waals surface area contributed by atoms with E-state index in [4.69, 9.17) is 4.42 Å². The Morgan fingerprint density at radius 3 is 2.22 bits per heavy atom. The van der Waals surface area contributed by atoms with Crippen LogP contribution in [-0.2, 0) is 15.6 Å². The molecule has 0 saturated heterocycles. The highest BCUT2D eigenvalue weighted by molar-refractivity contribution is 7.90. The van der Waals surface area contributed by atoms with E-state index in [1.54, 1.807) is 36.4 Å². The topological polar surface area (TPSA) is 76.4 Å². The van der Waals surface area contributed by atoms with Gasteiger partial charge in [0.2, 0.25) is 0 Å². The summed E-state index contributed by atoms with van der Waals surface area (Å²) in [5, 5.41) is 2.75. The van der Waals surface area contributed by atoms with Gasteiger partial charge in [-0.25, -0.2) is 8.42 Å². The standard InChI is InChI=1S/C26H19NO4S/c28-26(25-22(16-17-31-25)19-32(29,30)24-12-5-2-6-13-24)27-23-11-7-10-21(18-23)15-14-20-8-3-1-4-9-20/h1-13,16-18H,19H2,(H,27,28). The van der Waals surface area contributed by atoms with E-state index in [1.807, 2.05) is 36.4 Å². The molecule has 0 fully saturated rings. The van der Waals surface area contributed by atoms with Crippen LogP contribution in [0, 0.1) is 11.8 Å². The minimum absolute atomic E-state index is 0.0368. The normalized spacial score (nSPS) is 10.8. The second-order valence-corrected chi connectivity index (χ2v) is 8.99. The van der Waals surface area contributed by atoms with Crippen molar-refractivity contribution in [3.8, 4) is 11.8 Å². The zero-order valence-electron chi connectivity index (χ0n) is 17.0. The van der Waals surface area contributed by atoms with Crippen molar-refractivity contribution < 1.29 is 17.6 Å². The van der Waals surface area contributed by atoms with Crippen molar-refractivity contribution in [2.45, 2.75) is 10.6 Å². The van der Waals surface area contributed by atoms with E-state index in [9.17, 15) is 13.2 Å². The lowest BCUT2D eigenvalue weighted by molar-refractivity contribution is 0.0996. The van der Waals surface area contributed by atoms with Crippen LogP contribution in [0.25, 0.3) is 0 Å². The third kappa shape index (κ3) is 5.15. The molecular formula is C26H19NO4S. The van der Waals surface area contributed by atoms with Crippen LogP contribution in [0.15, 0.2) is 107 Å². The Bertz CT molecular complexity index is 1400. The Labute approximate surface area is 186 Å². The molecule has 158 valence electrons. The van der Waals surface area contributed by atoms with Gasteiger partial charge in [0.25, 0.3) is 5.91 Å². The summed E-state index contributed by atoms with van der Waals surface area (Å²) >= 11 is 0. The van der Waals surface area contributed by atoms with Crippen molar-refractivity contribution >= 4 is 21.4 Å². The van der Waals surface area contributed by atoms with E-state index in [-0.39, 0.29) is 16.4 Å². The van der Waals surface area contributed by atoms with Gasteiger partial charge in [-0.15, -0.1) is 0 Å². The predicted octanol–water partition coefficient (Wildman–Crippen LogP) is 4.91. The molecule has 0 saturated carbocycles. The number of sulfone groups is 1. The zero-order chi connectivity index (χ0) is 22.4. The van der Waals surface area contributed by atoms with E-state index in [2.05, 4.69) is 17.2 Å². The first kappa shape index (κ1) is 21.2. The minimum atomic E-state index is -3.61. The number of benzene rings is 3. The number of carbonyl (C=O) groups excluding carboxylic acids is 1. The van der Waals surface area contributed by atoms with Crippen LogP contribution in [0.2, 0.25) is 0 Å². The number of anilines is 1. The third-order valence-corrected chi connectivity index (χ3v) is 6.33. The highest BCUT2D eigenvalue weighted by atomic mass is 32.2. The monoisotopic (exact) mass is 441 g/mol. The van der Waals surface area contributed by atoms with Gasteiger partial charge in [0, 0.05) is 22.4 Å². The first-order chi connectivity index (χ1) is 15.5. The van der Waals surface area contributed by atoms with Crippen LogP contribution in [0.5, 0.6) is 0 Å². The van der Waals surface area contributed by atoms with Crippen molar-refractivity contribution in [2.24, 2.45) is 0 Å². The van der Waals surface area contributed by atoms with Crippen molar-refractivity contribution in [2.75, 3.05) is 5.32 Å². The average Bonchev–Trinajstić information content (AvgIpc) is 3.27. The number of rotatable bonds is 5. The zero-order valence-corrected chi connectivity index (χ0v) is 17.8. The van der Waals surface area contributed by atoms with Crippen LogP contribution in [0.1, 0.15) is 27.2 Å². The molecule has 3 aromatic carbocycles. The molecule has 0 radical (unpaired) electrons. The average molecular weight is 442 g/mol. The number of carbonyl (C=O) groups is 1. The van der Waals surface area contributed by atoms with E-state index in [0.29, 0.717) is 11.3 Å². The molecule has 0 aliphatic rings. The lowest BCUT2D eigenvalue weighted by Crippen LogP contribution is -2.14. The van der Waals surface area contributed by atoms with Crippen molar-refractivity contribution in [3.63, 3.8) is 0 Å². The molecule has 0 aliphatic carbocycles. The number of hydrogen-bond acceptors (Lipinski definition) is 4. The molecule has 1 heterocycles. The maximum Gasteiger partial charge on any atom is 0.291 e. The van der Waals surface area contributed by atoms with Crippen molar-refractivity contribution in [3.05, 3.63) is 120 Å². The summed E-state index contributed by atoms with van der Waals surface area (Å²) < 4.78 is 30.7. The van der Waals surface area contributed by atoms with Crippen LogP contribution in [0.4, 0.5) is 5.69 Å². The van der Waals surface area contributed by atoms with Gasteiger partial charge in [-0.2, -0.15) is 0 Å². The lowest BCUT2D eigenvalue weighted by Gasteiger charge is -2.07. The minimum Gasteiger partial charge on any atom is -0.459 e. The maximum atomic E-state index is 12.8. The van der Waals surface area contributed by atoms with Gasteiger partial charge in [0.05, 0.1) is 16.9 Å². The summed E-state index contributed by atoms with van der Waals surface area (Å²) in [6.07, 6.45) is 1.31. The predicted molar refractivity (Wildman–Crippen MR) is 123 cm³/mol. The number of amides is 1. The van der Waals surface area contributed by atoms with Crippen LogP contribution >= 0.6 is 0 Å². The van der Waals surface area contributed by atoms with Crippen molar-refractivity contribution in [1.29, 1.82) is 0 Å². The molecule has 0 aliphatic heterocycles. The Morgan fingerprint density at radius 2 is 1.47 bits per heavy atom. The number of furan rings is 1. The largest absolute Gasteiger partial charge is 0.459 e. The van der Waals surface area contributed by atoms with Gasteiger partial charge >= 0.3 is 0 Å². The van der Waals surface area contributed by atoms with Gasteiger partial charge in [-0.1, -0.05) is 54.3 Å². The number of hydrogen-bond donors (Lipinski definition) is 1. The molecule has 6 heteroatoms. The molecular weight excluding hydrogens is 422 g/mol. The molecule has 32 heavy (non-hydrogen) atoms. The van der Waals surface area contributed by atoms with Crippen LogP contribution < -0.4 is 5.32 Å². The first-order valence-corrected chi connectivity index (χ1v) is 11.5. The number of nitrogens with one attached hydrogen (secondary N) is 1. The van der Waals surface area contributed by atoms with E-state index >= 15 is 0 Å². The Kier molecular flexibility index (Phi) is 6.20. The first-order valence-electron chi connectivity index (χ1n) is 9.84. The van der Waals surface area contributed by atoms with Gasteiger partial charge in [-0.05, 0) is 48.5 Å². The van der Waals surface area contributed by atoms with Gasteiger partial charge in [0.15, 0.2) is 15.6 Å². The summed E-state index contributed by atoms with van der Waals surface area (Å²) in [6.45, 7) is 0. The fourth-order valence-electron chi connectivity index (χ4n) is 3.09. The molecule has 5 nitrogen and oxygen atoms in total.